The predicted octanol–water partition coefficient (Wildman–Crippen LogP) is 3.76. The summed E-state index contributed by atoms with van der Waals surface area (Å²) in [7, 11) is 0. The highest BCUT2D eigenvalue weighted by Crippen LogP contribution is 2.28. The Hall–Kier alpha value is -1.55. The van der Waals surface area contributed by atoms with Crippen molar-refractivity contribution in [2.75, 3.05) is 13.1 Å². The lowest BCUT2D eigenvalue weighted by Gasteiger charge is -2.34. The van der Waals surface area contributed by atoms with Crippen molar-refractivity contribution in [3.05, 3.63) is 35.9 Å². The minimum atomic E-state index is -0.447. The second-order valence-corrected chi connectivity index (χ2v) is 7.07. The third-order valence-electron chi connectivity index (χ3n) is 4.01. The van der Waals surface area contributed by atoms with Crippen LogP contribution in [-0.2, 0) is 4.74 Å². The number of aliphatic hydroxyl groups excluding tert-OH is 1. The fourth-order valence-corrected chi connectivity index (χ4v) is 2.80. The molecule has 4 nitrogen and oxygen atoms in total. The number of likely N-dealkylation sites (tertiary alicyclic amines) is 1. The Balaban J connectivity index is 1.79. The van der Waals surface area contributed by atoms with Crippen LogP contribution in [0.1, 0.15) is 51.7 Å². The molecular weight excluding hydrogens is 278 g/mol. The van der Waals surface area contributed by atoms with Crippen LogP contribution < -0.4 is 0 Å². The largest absolute Gasteiger partial charge is 0.444 e. The van der Waals surface area contributed by atoms with Gasteiger partial charge in [0.2, 0.25) is 0 Å². The van der Waals surface area contributed by atoms with E-state index in [1.54, 1.807) is 4.90 Å². The molecule has 1 heterocycles. The topological polar surface area (TPSA) is 49.8 Å². The molecule has 122 valence electrons. The third kappa shape index (κ3) is 5.02. The normalized spacial score (nSPS) is 18.1. The molecule has 22 heavy (non-hydrogen) atoms. The van der Waals surface area contributed by atoms with Gasteiger partial charge in [0.15, 0.2) is 0 Å². The average Bonchev–Trinajstić information content (AvgIpc) is 2.47. The van der Waals surface area contributed by atoms with E-state index >= 15 is 0 Å². The summed E-state index contributed by atoms with van der Waals surface area (Å²) in [5.41, 5.74) is 0.523. The Labute approximate surface area is 133 Å². The van der Waals surface area contributed by atoms with E-state index in [9.17, 15) is 9.90 Å². The highest BCUT2D eigenvalue weighted by molar-refractivity contribution is 5.68. The van der Waals surface area contributed by atoms with Crippen molar-refractivity contribution in [2.45, 2.75) is 51.7 Å². The van der Waals surface area contributed by atoms with Gasteiger partial charge in [-0.25, -0.2) is 4.79 Å². The van der Waals surface area contributed by atoms with Gasteiger partial charge in [-0.05, 0) is 51.5 Å². The van der Waals surface area contributed by atoms with E-state index in [1.807, 2.05) is 51.1 Å². The summed E-state index contributed by atoms with van der Waals surface area (Å²) in [6.45, 7) is 7.07. The van der Waals surface area contributed by atoms with Gasteiger partial charge in [-0.1, -0.05) is 30.3 Å². The summed E-state index contributed by atoms with van der Waals surface area (Å²) in [5.74, 6) is 0.453. The van der Waals surface area contributed by atoms with Crippen molar-refractivity contribution < 1.29 is 14.6 Å². The molecule has 1 atom stereocenters. The van der Waals surface area contributed by atoms with Gasteiger partial charge in [-0.3, -0.25) is 0 Å². The molecule has 1 fully saturated rings. The van der Waals surface area contributed by atoms with E-state index in [-0.39, 0.29) is 6.09 Å². The summed E-state index contributed by atoms with van der Waals surface area (Å²) < 4.78 is 5.40. The zero-order chi connectivity index (χ0) is 16.2. The van der Waals surface area contributed by atoms with Gasteiger partial charge in [0.05, 0.1) is 6.10 Å². The van der Waals surface area contributed by atoms with Crippen molar-refractivity contribution in [3.8, 4) is 0 Å². The van der Waals surface area contributed by atoms with Crippen LogP contribution in [0.4, 0.5) is 4.79 Å². The van der Waals surface area contributed by atoms with Gasteiger partial charge in [0.1, 0.15) is 5.60 Å². The number of hydrogen-bond donors (Lipinski definition) is 1. The molecule has 1 aromatic carbocycles. The fraction of sp³-hybridized carbons (Fsp3) is 0.611. The summed E-state index contributed by atoms with van der Waals surface area (Å²) in [4.78, 5) is 13.8. The number of piperidine rings is 1. The first-order chi connectivity index (χ1) is 10.3. The number of hydrogen-bond acceptors (Lipinski definition) is 3. The molecule has 1 amide bonds. The highest BCUT2D eigenvalue weighted by Gasteiger charge is 2.27. The molecule has 1 aromatic rings. The predicted molar refractivity (Wildman–Crippen MR) is 86.5 cm³/mol. The van der Waals surface area contributed by atoms with Crippen molar-refractivity contribution in [1.82, 2.24) is 4.90 Å². The van der Waals surface area contributed by atoms with Gasteiger partial charge < -0.3 is 14.7 Å². The highest BCUT2D eigenvalue weighted by atomic mass is 16.6. The Morgan fingerprint density at radius 2 is 1.86 bits per heavy atom. The first-order valence-corrected chi connectivity index (χ1v) is 8.06. The molecule has 0 radical (unpaired) electrons. The van der Waals surface area contributed by atoms with Gasteiger partial charge >= 0.3 is 6.09 Å². The van der Waals surface area contributed by atoms with E-state index in [2.05, 4.69) is 0 Å². The number of aliphatic hydroxyl groups is 1. The van der Waals surface area contributed by atoms with Crippen molar-refractivity contribution in [2.24, 2.45) is 5.92 Å². The molecule has 0 spiro atoms. The average molecular weight is 305 g/mol. The standard InChI is InChI=1S/C18H27NO3/c1-18(2,3)22-17(21)19-11-9-14(10-12-19)13-16(20)15-7-5-4-6-8-15/h4-8,14,16,20H,9-13H2,1-3H3. The second kappa shape index (κ2) is 7.14. The summed E-state index contributed by atoms with van der Waals surface area (Å²) in [5, 5.41) is 10.3. The van der Waals surface area contributed by atoms with Crippen LogP contribution in [-0.4, -0.2) is 34.8 Å². The van der Waals surface area contributed by atoms with Crippen LogP contribution in [0.5, 0.6) is 0 Å². The van der Waals surface area contributed by atoms with Gasteiger partial charge in [-0.2, -0.15) is 0 Å². The maximum Gasteiger partial charge on any atom is 0.410 e. The van der Waals surface area contributed by atoms with Gasteiger partial charge in [0.25, 0.3) is 0 Å². The lowest BCUT2D eigenvalue weighted by Crippen LogP contribution is -2.41. The molecule has 2 rings (SSSR count). The van der Waals surface area contributed by atoms with E-state index in [1.165, 1.54) is 0 Å². The third-order valence-corrected chi connectivity index (χ3v) is 4.01. The molecule has 0 aromatic heterocycles. The number of rotatable bonds is 3. The van der Waals surface area contributed by atoms with E-state index < -0.39 is 11.7 Å². The van der Waals surface area contributed by atoms with Crippen LogP contribution in [0.25, 0.3) is 0 Å². The molecule has 1 aliphatic heterocycles. The minimum absolute atomic E-state index is 0.227. The molecule has 1 aliphatic rings. The van der Waals surface area contributed by atoms with Gasteiger partial charge in [-0.15, -0.1) is 0 Å². The number of carbonyl (C=O) groups is 1. The fourth-order valence-electron chi connectivity index (χ4n) is 2.80. The number of carbonyl (C=O) groups excluding carboxylic acids is 1. The Kier molecular flexibility index (Phi) is 5.46. The van der Waals surface area contributed by atoms with Crippen LogP contribution in [0.15, 0.2) is 30.3 Å². The number of amides is 1. The Morgan fingerprint density at radius 1 is 1.27 bits per heavy atom. The van der Waals surface area contributed by atoms with E-state index in [0.717, 1.165) is 24.8 Å². The lowest BCUT2D eigenvalue weighted by molar-refractivity contribution is 0.0161. The molecule has 0 aliphatic carbocycles. The van der Waals surface area contributed by atoms with Gasteiger partial charge in [0, 0.05) is 13.1 Å². The number of ether oxygens (including phenoxy) is 1. The molecule has 1 N–H and O–H groups in total. The van der Waals surface area contributed by atoms with Crippen LogP contribution >= 0.6 is 0 Å². The smallest absolute Gasteiger partial charge is 0.410 e. The zero-order valence-electron chi connectivity index (χ0n) is 13.8. The second-order valence-electron chi connectivity index (χ2n) is 7.07. The molecular formula is C18H27NO3. The monoisotopic (exact) mass is 305 g/mol. The molecule has 1 unspecified atom stereocenters. The Bertz CT molecular complexity index is 473. The minimum Gasteiger partial charge on any atom is -0.444 e. The summed E-state index contributed by atoms with van der Waals surface area (Å²) in [6, 6.07) is 9.77. The molecule has 0 bridgehead atoms. The Morgan fingerprint density at radius 3 is 2.41 bits per heavy atom. The maximum absolute atomic E-state index is 12.0. The van der Waals surface area contributed by atoms with E-state index in [0.29, 0.717) is 19.0 Å². The first kappa shape index (κ1) is 16.8. The van der Waals surface area contributed by atoms with Crippen molar-refractivity contribution in [3.63, 3.8) is 0 Å². The summed E-state index contributed by atoms with van der Waals surface area (Å²) in [6.07, 6.45) is 1.95. The van der Waals surface area contributed by atoms with Crippen molar-refractivity contribution in [1.29, 1.82) is 0 Å². The summed E-state index contributed by atoms with van der Waals surface area (Å²) >= 11 is 0. The maximum atomic E-state index is 12.0. The van der Waals surface area contributed by atoms with Crippen LogP contribution in [0, 0.1) is 5.92 Å². The molecule has 4 heteroatoms. The quantitative estimate of drug-likeness (QED) is 0.925. The van der Waals surface area contributed by atoms with Crippen molar-refractivity contribution >= 4 is 6.09 Å². The zero-order valence-corrected chi connectivity index (χ0v) is 13.8. The molecule has 0 saturated carbocycles. The number of benzene rings is 1. The first-order valence-electron chi connectivity index (χ1n) is 8.06. The van der Waals surface area contributed by atoms with E-state index in [4.69, 9.17) is 4.74 Å². The molecule has 1 saturated heterocycles. The van der Waals surface area contributed by atoms with Crippen LogP contribution in [0.3, 0.4) is 0 Å². The van der Waals surface area contributed by atoms with Crippen LogP contribution in [0.2, 0.25) is 0 Å². The number of nitrogens with zero attached hydrogens (tertiary/aromatic N) is 1. The lowest BCUT2D eigenvalue weighted by atomic mass is 9.89. The SMILES string of the molecule is CC(C)(C)OC(=O)N1CCC(CC(O)c2ccccc2)CC1.